The Bertz CT molecular complexity index is 1380. The molecule has 0 bridgehead atoms. The summed E-state index contributed by atoms with van der Waals surface area (Å²) in [6.07, 6.45) is 1.93. The molecule has 0 unspecified atom stereocenters. The summed E-state index contributed by atoms with van der Waals surface area (Å²) in [6, 6.07) is 13.2. The van der Waals surface area contributed by atoms with E-state index >= 15 is 0 Å². The van der Waals surface area contributed by atoms with Crippen LogP contribution in [0.15, 0.2) is 53.4 Å². The van der Waals surface area contributed by atoms with Crippen LogP contribution in [0.4, 0.5) is 17.3 Å². The number of benzene rings is 2. The van der Waals surface area contributed by atoms with Crippen molar-refractivity contribution < 1.29 is 18.0 Å². The lowest BCUT2D eigenvalue weighted by molar-refractivity contribution is -0.132. The molecule has 11 heteroatoms. The molecular formula is C24H26N6O4S. The van der Waals surface area contributed by atoms with Gasteiger partial charge in [0.25, 0.3) is 10.0 Å². The second kappa shape index (κ2) is 9.14. The lowest BCUT2D eigenvalue weighted by Gasteiger charge is -2.36. The van der Waals surface area contributed by atoms with Crippen LogP contribution >= 0.6 is 0 Å². The van der Waals surface area contributed by atoms with Crippen LogP contribution in [0, 0.1) is 5.92 Å². The van der Waals surface area contributed by atoms with Crippen LogP contribution in [0.3, 0.4) is 0 Å². The molecule has 2 heterocycles. The molecule has 3 aromatic rings. The number of rotatable bonds is 6. The van der Waals surface area contributed by atoms with E-state index in [1.807, 2.05) is 28.0 Å². The topological polar surface area (TPSA) is 125 Å². The molecule has 10 nitrogen and oxygen atoms in total. The quantitative estimate of drug-likeness (QED) is 0.539. The molecule has 182 valence electrons. The monoisotopic (exact) mass is 494 g/mol. The Hall–Kier alpha value is -3.73. The number of nitrogens with one attached hydrogen (secondary N) is 2. The number of sulfonamides is 1. The van der Waals surface area contributed by atoms with Gasteiger partial charge < -0.3 is 15.1 Å². The van der Waals surface area contributed by atoms with Crippen molar-refractivity contribution in [1.82, 2.24) is 14.9 Å². The third-order valence-electron chi connectivity index (χ3n) is 6.09. The summed E-state index contributed by atoms with van der Waals surface area (Å²) in [5.41, 5.74) is 1.72. The van der Waals surface area contributed by atoms with Crippen molar-refractivity contribution in [1.29, 1.82) is 0 Å². The van der Waals surface area contributed by atoms with Gasteiger partial charge in [-0.05, 0) is 49.2 Å². The first-order valence-corrected chi connectivity index (χ1v) is 13.0. The zero-order valence-corrected chi connectivity index (χ0v) is 20.1. The van der Waals surface area contributed by atoms with Crippen molar-refractivity contribution >= 4 is 50.2 Å². The summed E-state index contributed by atoms with van der Waals surface area (Å²) in [5, 5.41) is 2.62. The third-order valence-corrected chi connectivity index (χ3v) is 7.44. The summed E-state index contributed by atoms with van der Waals surface area (Å²) >= 11 is 0. The van der Waals surface area contributed by atoms with Crippen LogP contribution in [0.2, 0.25) is 0 Å². The van der Waals surface area contributed by atoms with Crippen LogP contribution in [0.5, 0.6) is 0 Å². The van der Waals surface area contributed by atoms with Crippen molar-refractivity contribution in [3.63, 3.8) is 0 Å². The Labute approximate surface area is 203 Å². The highest BCUT2D eigenvalue weighted by atomic mass is 32.2. The number of carbonyl (C=O) groups is 2. The van der Waals surface area contributed by atoms with Crippen molar-refractivity contribution in [3.8, 4) is 0 Å². The number of aromatic nitrogens is 2. The molecule has 1 aromatic heterocycles. The number of anilines is 3. The average molecular weight is 495 g/mol. The minimum absolute atomic E-state index is 0.0346. The van der Waals surface area contributed by atoms with E-state index in [0.717, 1.165) is 12.8 Å². The highest BCUT2D eigenvalue weighted by molar-refractivity contribution is 7.92. The number of para-hydroxylation sites is 2. The van der Waals surface area contributed by atoms with E-state index in [0.29, 0.717) is 48.7 Å². The molecule has 5 rings (SSSR count). The lowest BCUT2D eigenvalue weighted by Crippen LogP contribution is -2.49. The van der Waals surface area contributed by atoms with E-state index < -0.39 is 10.0 Å². The number of piperazine rings is 1. The predicted octanol–water partition coefficient (Wildman–Crippen LogP) is 2.45. The molecule has 35 heavy (non-hydrogen) atoms. The first-order chi connectivity index (χ1) is 16.8. The Morgan fingerprint density at radius 3 is 2.14 bits per heavy atom. The van der Waals surface area contributed by atoms with Gasteiger partial charge in [0.15, 0.2) is 11.6 Å². The molecule has 1 saturated carbocycles. The number of hydrogen-bond acceptors (Lipinski definition) is 7. The molecule has 2 fully saturated rings. The second-order valence-corrected chi connectivity index (χ2v) is 10.5. The van der Waals surface area contributed by atoms with Crippen molar-refractivity contribution in [2.45, 2.75) is 24.7 Å². The van der Waals surface area contributed by atoms with Gasteiger partial charge in [-0.3, -0.25) is 14.3 Å². The maximum absolute atomic E-state index is 13.2. The van der Waals surface area contributed by atoms with E-state index in [2.05, 4.69) is 15.0 Å². The number of nitrogens with zero attached hydrogens (tertiary/aromatic N) is 4. The summed E-state index contributed by atoms with van der Waals surface area (Å²) in [5.74, 6) is 0.699. The summed E-state index contributed by atoms with van der Waals surface area (Å²) in [7, 11) is -3.97. The summed E-state index contributed by atoms with van der Waals surface area (Å²) in [6.45, 7) is 3.56. The van der Waals surface area contributed by atoms with Crippen LogP contribution < -0.4 is 14.9 Å². The minimum Gasteiger partial charge on any atom is -0.350 e. The molecule has 0 atom stereocenters. The number of carbonyl (C=O) groups excluding carboxylic acids is 2. The van der Waals surface area contributed by atoms with E-state index in [9.17, 15) is 18.0 Å². The van der Waals surface area contributed by atoms with E-state index in [1.54, 1.807) is 6.07 Å². The normalized spacial score (nSPS) is 16.3. The van der Waals surface area contributed by atoms with Gasteiger partial charge in [0.1, 0.15) is 0 Å². The summed E-state index contributed by atoms with van der Waals surface area (Å²) in [4.78, 5) is 36.9. The Morgan fingerprint density at radius 1 is 0.914 bits per heavy atom. The molecule has 2 aliphatic rings. The van der Waals surface area contributed by atoms with Crippen LogP contribution in [-0.2, 0) is 19.6 Å². The number of fused-ring (bicyclic) bond motifs is 1. The molecule has 0 spiro atoms. The highest BCUT2D eigenvalue weighted by Crippen LogP contribution is 2.32. The van der Waals surface area contributed by atoms with Crippen molar-refractivity contribution in [3.05, 3.63) is 48.5 Å². The first-order valence-electron chi connectivity index (χ1n) is 11.5. The van der Waals surface area contributed by atoms with Gasteiger partial charge in [0, 0.05) is 44.7 Å². The molecule has 2 N–H and O–H groups in total. The predicted molar refractivity (Wildman–Crippen MR) is 133 cm³/mol. The fraction of sp³-hybridized carbons (Fsp3) is 0.333. The van der Waals surface area contributed by atoms with E-state index in [4.69, 9.17) is 4.98 Å². The fourth-order valence-electron chi connectivity index (χ4n) is 4.11. The molecular weight excluding hydrogens is 468 g/mol. The fourth-order valence-corrected chi connectivity index (χ4v) is 5.12. The maximum Gasteiger partial charge on any atom is 0.263 e. The van der Waals surface area contributed by atoms with Crippen LogP contribution in [0.25, 0.3) is 11.0 Å². The number of hydrogen-bond donors (Lipinski definition) is 2. The lowest BCUT2D eigenvalue weighted by atomic mass is 10.2. The van der Waals surface area contributed by atoms with Crippen LogP contribution in [-0.4, -0.2) is 61.3 Å². The second-order valence-electron chi connectivity index (χ2n) is 8.78. The SMILES string of the molecule is CC(=O)Nc1ccc(S(=O)(=O)Nc2nc3ccccc3nc2N2CCN(C(=O)C3CC3)CC2)cc1. The largest absolute Gasteiger partial charge is 0.350 e. The number of amides is 2. The third kappa shape index (κ3) is 5.04. The zero-order valence-electron chi connectivity index (χ0n) is 19.3. The van der Waals surface area contributed by atoms with Gasteiger partial charge in [-0.25, -0.2) is 18.4 Å². The standard InChI is InChI=1S/C24H26N6O4S/c1-16(31)25-18-8-10-19(11-9-18)35(33,34)28-22-23(27-21-5-3-2-4-20(21)26-22)29-12-14-30(15-13-29)24(32)17-6-7-17/h2-5,8-11,17H,6-7,12-15H2,1H3,(H,25,31)(H,26,28). The van der Waals surface area contributed by atoms with E-state index in [1.165, 1.54) is 31.2 Å². The van der Waals surface area contributed by atoms with Gasteiger partial charge in [-0.1, -0.05) is 12.1 Å². The van der Waals surface area contributed by atoms with Crippen LogP contribution in [0.1, 0.15) is 19.8 Å². The molecule has 1 aliphatic heterocycles. The van der Waals surface area contributed by atoms with E-state index in [-0.39, 0.29) is 28.4 Å². The molecule has 2 amide bonds. The maximum atomic E-state index is 13.2. The van der Waals surface area contributed by atoms with Crippen molar-refractivity contribution in [2.75, 3.05) is 41.1 Å². The molecule has 1 aliphatic carbocycles. The highest BCUT2D eigenvalue weighted by Gasteiger charge is 2.35. The first kappa shape index (κ1) is 23.0. The molecule has 2 aromatic carbocycles. The Balaban J connectivity index is 1.42. The smallest absolute Gasteiger partial charge is 0.263 e. The van der Waals surface area contributed by atoms with Crippen molar-refractivity contribution in [2.24, 2.45) is 5.92 Å². The molecule has 0 radical (unpaired) electrons. The average Bonchev–Trinajstić information content (AvgIpc) is 3.69. The summed E-state index contributed by atoms with van der Waals surface area (Å²) < 4.78 is 29.0. The minimum atomic E-state index is -3.97. The molecule has 1 saturated heterocycles. The van der Waals surface area contributed by atoms with Gasteiger partial charge >= 0.3 is 0 Å². The van der Waals surface area contributed by atoms with Gasteiger partial charge in [-0.15, -0.1) is 0 Å². The Kier molecular flexibility index (Phi) is 6.01. The Morgan fingerprint density at radius 2 is 1.54 bits per heavy atom. The van der Waals surface area contributed by atoms with Gasteiger partial charge in [-0.2, -0.15) is 0 Å². The van der Waals surface area contributed by atoms with Gasteiger partial charge in [0.2, 0.25) is 11.8 Å². The van der Waals surface area contributed by atoms with Gasteiger partial charge in [0.05, 0.1) is 15.9 Å². The zero-order chi connectivity index (χ0) is 24.6.